The van der Waals surface area contributed by atoms with Gasteiger partial charge in [-0.05, 0) is 12.1 Å². The highest BCUT2D eigenvalue weighted by atomic mass is 35.5. The fourth-order valence-corrected chi connectivity index (χ4v) is 1.28. The molecule has 0 saturated heterocycles. The van der Waals surface area contributed by atoms with Crippen molar-refractivity contribution in [2.24, 2.45) is 0 Å². The number of rotatable bonds is 3. The maximum Gasteiger partial charge on any atom is 0.146 e. The molecule has 2 rings (SSSR count). The smallest absolute Gasteiger partial charge is 0.146 e. The number of H-pyrrole nitrogens is 1. The highest BCUT2D eigenvalue weighted by molar-refractivity contribution is 6.32. The first-order valence-corrected chi connectivity index (χ1v) is 4.59. The van der Waals surface area contributed by atoms with Crippen LogP contribution in [0.3, 0.4) is 0 Å². The third kappa shape index (κ3) is 3.15. The number of hydrogen-bond donors (Lipinski definition) is 1. The number of halogens is 2. The summed E-state index contributed by atoms with van der Waals surface area (Å²) in [6, 6.07) is 7.36. The summed E-state index contributed by atoms with van der Waals surface area (Å²) >= 11 is 5.91. The molecule has 0 aliphatic heterocycles. The van der Waals surface area contributed by atoms with Crippen LogP contribution < -0.4 is 4.74 Å². The molecule has 0 unspecified atom stereocenters. The van der Waals surface area contributed by atoms with Crippen molar-refractivity contribution in [2.45, 2.75) is 6.61 Å². The molecule has 0 atom stereocenters. The molecule has 0 radical (unpaired) electrons. The molecule has 0 aliphatic carbocycles. The van der Waals surface area contributed by atoms with Gasteiger partial charge in [-0.3, -0.25) is 0 Å². The normalized spacial score (nSPS) is 9.40. The third-order valence-corrected chi connectivity index (χ3v) is 2.07. The second-order valence-electron chi connectivity index (χ2n) is 2.75. The van der Waals surface area contributed by atoms with Crippen LogP contribution in [0.2, 0.25) is 5.02 Å². The number of aromatic amines is 1. The van der Waals surface area contributed by atoms with Crippen molar-refractivity contribution >= 4 is 24.0 Å². The zero-order valence-electron chi connectivity index (χ0n) is 7.81. The summed E-state index contributed by atoms with van der Waals surface area (Å²) in [6.45, 7) is 0.400. The van der Waals surface area contributed by atoms with Gasteiger partial charge < -0.3 is 9.72 Å². The van der Waals surface area contributed by atoms with Crippen LogP contribution in [0.1, 0.15) is 5.82 Å². The van der Waals surface area contributed by atoms with Crippen molar-refractivity contribution < 1.29 is 4.74 Å². The van der Waals surface area contributed by atoms with Crippen molar-refractivity contribution in [3.63, 3.8) is 0 Å². The summed E-state index contributed by atoms with van der Waals surface area (Å²) in [5.41, 5.74) is 0. The van der Waals surface area contributed by atoms with Crippen LogP contribution in [0, 0.1) is 0 Å². The van der Waals surface area contributed by atoms with Crippen LogP contribution in [0.25, 0.3) is 0 Å². The molecule has 1 N–H and O–H groups in total. The molecule has 1 aromatic heterocycles. The molecular weight excluding hydrogens is 235 g/mol. The van der Waals surface area contributed by atoms with Crippen molar-refractivity contribution in [3.8, 4) is 5.75 Å². The Hall–Kier alpha value is -1.19. The number of imidazole rings is 1. The summed E-state index contributed by atoms with van der Waals surface area (Å²) in [6.07, 6.45) is 3.44. The van der Waals surface area contributed by atoms with Gasteiger partial charge in [0, 0.05) is 12.4 Å². The summed E-state index contributed by atoms with van der Waals surface area (Å²) in [7, 11) is 0. The Morgan fingerprint density at radius 3 is 2.80 bits per heavy atom. The molecule has 80 valence electrons. The van der Waals surface area contributed by atoms with E-state index < -0.39 is 0 Å². The fraction of sp³-hybridized carbons (Fsp3) is 0.100. The Bertz CT molecular complexity index is 404. The van der Waals surface area contributed by atoms with E-state index in [1.54, 1.807) is 18.5 Å². The van der Waals surface area contributed by atoms with Crippen molar-refractivity contribution in [1.82, 2.24) is 9.97 Å². The van der Waals surface area contributed by atoms with Crippen LogP contribution in [0.15, 0.2) is 36.7 Å². The van der Waals surface area contributed by atoms with Crippen molar-refractivity contribution in [1.29, 1.82) is 0 Å². The number of nitrogens with zero attached hydrogens (tertiary/aromatic N) is 1. The van der Waals surface area contributed by atoms with Gasteiger partial charge in [0.05, 0.1) is 5.02 Å². The monoisotopic (exact) mass is 244 g/mol. The summed E-state index contributed by atoms with van der Waals surface area (Å²) in [5, 5.41) is 0.610. The molecule has 0 saturated carbocycles. The Labute approximate surface area is 98.9 Å². The van der Waals surface area contributed by atoms with Gasteiger partial charge in [0.15, 0.2) is 0 Å². The summed E-state index contributed by atoms with van der Waals surface area (Å²) in [4.78, 5) is 6.98. The van der Waals surface area contributed by atoms with Crippen molar-refractivity contribution in [3.05, 3.63) is 47.5 Å². The lowest BCUT2D eigenvalue weighted by Gasteiger charge is -2.05. The predicted octanol–water partition coefficient (Wildman–Crippen LogP) is 3.06. The second kappa shape index (κ2) is 5.63. The van der Waals surface area contributed by atoms with Gasteiger partial charge in [0.25, 0.3) is 0 Å². The number of nitrogens with one attached hydrogen (secondary N) is 1. The molecular formula is C10H10Cl2N2O. The Kier molecular flexibility index (Phi) is 4.46. The Morgan fingerprint density at radius 1 is 1.33 bits per heavy atom. The third-order valence-electron chi connectivity index (χ3n) is 1.76. The van der Waals surface area contributed by atoms with Gasteiger partial charge in [0.2, 0.25) is 0 Å². The van der Waals surface area contributed by atoms with Crippen LogP contribution in [-0.2, 0) is 6.61 Å². The van der Waals surface area contributed by atoms with Gasteiger partial charge in [0.1, 0.15) is 18.2 Å². The molecule has 0 aliphatic rings. The number of ether oxygens (including phenoxy) is 1. The second-order valence-corrected chi connectivity index (χ2v) is 3.16. The standard InChI is InChI=1S/C10H9ClN2O.ClH/c11-8-3-1-2-4-9(8)14-7-10-12-5-6-13-10;/h1-6H,7H2,(H,12,13);1H. The quantitative estimate of drug-likeness (QED) is 0.902. The number of para-hydroxylation sites is 1. The highest BCUT2D eigenvalue weighted by Crippen LogP contribution is 2.23. The average molecular weight is 245 g/mol. The van der Waals surface area contributed by atoms with E-state index in [9.17, 15) is 0 Å². The fourth-order valence-electron chi connectivity index (χ4n) is 1.08. The van der Waals surface area contributed by atoms with Crippen LogP contribution in [0.4, 0.5) is 0 Å². The Morgan fingerprint density at radius 2 is 2.13 bits per heavy atom. The van der Waals surface area contributed by atoms with Crippen LogP contribution in [0.5, 0.6) is 5.75 Å². The number of hydrogen-bond acceptors (Lipinski definition) is 2. The summed E-state index contributed by atoms with van der Waals surface area (Å²) in [5.74, 6) is 1.45. The molecule has 5 heteroatoms. The minimum absolute atomic E-state index is 0. The van der Waals surface area contributed by atoms with Crippen LogP contribution >= 0.6 is 24.0 Å². The first-order chi connectivity index (χ1) is 6.86. The van der Waals surface area contributed by atoms with E-state index in [4.69, 9.17) is 16.3 Å². The lowest BCUT2D eigenvalue weighted by molar-refractivity contribution is 0.297. The maximum atomic E-state index is 5.91. The van der Waals surface area contributed by atoms with E-state index >= 15 is 0 Å². The zero-order chi connectivity index (χ0) is 9.80. The number of benzene rings is 1. The SMILES string of the molecule is Cl.Clc1ccccc1OCc1ncc[nH]1. The average Bonchev–Trinajstić information content (AvgIpc) is 2.69. The van der Waals surface area contributed by atoms with E-state index in [0.29, 0.717) is 17.4 Å². The first kappa shape index (κ1) is 11.9. The molecule has 0 amide bonds. The van der Waals surface area contributed by atoms with Crippen LogP contribution in [-0.4, -0.2) is 9.97 Å². The molecule has 1 heterocycles. The summed E-state index contributed by atoms with van der Waals surface area (Å²) < 4.78 is 5.46. The molecule has 0 fully saturated rings. The Balaban J connectivity index is 0.00000112. The lowest BCUT2D eigenvalue weighted by Crippen LogP contribution is -1.97. The molecule has 0 spiro atoms. The topological polar surface area (TPSA) is 37.9 Å². The lowest BCUT2D eigenvalue weighted by atomic mass is 10.3. The zero-order valence-corrected chi connectivity index (χ0v) is 9.39. The first-order valence-electron chi connectivity index (χ1n) is 4.22. The molecule has 3 nitrogen and oxygen atoms in total. The van der Waals surface area contributed by atoms with E-state index in [0.717, 1.165) is 5.82 Å². The number of aromatic nitrogens is 2. The van der Waals surface area contributed by atoms with E-state index in [1.165, 1.54) is 0 Å². The largest absolute Gasteiger partial charge is 0.484 e. The van der Waals surface area contributed by atoms with Gasteiger partial charge in [-0.25, -0.2) is 4.98 Å². The molecule has 1 aromatic carbocycles. The molecule has 15 heavy (non-hydrogen) atoms. The van der Waals surface area contributed by atoms with E-state index in [-0.39, 0.29) is 12.4 Å². The predicted molar refractivity (Wildman–Crippen MR) is 61.6 cm³/mol. The molecule has 0 bridgehead atoms. The minimum atomic E-state index is 0. The maximum absolute atomic E-state index is 5.91. The van der Waals surface area contributed by atoms with E-state index in [2.05, 4.69) is 9.97 Å². The molecule has 2 aromatic rings. The van der Waals surface area contributed by atoms with Gasteiger partial charge in [-0.1, -0.05) is 23.7 Å². The van der Waals surface area contributed by atoms with Gasteiger partial charge in [-0.2, -0.15) is 0 Å². The van der Waals surface area contributed by atoms with Gasteiger partial charge >= 0.3 is 0 Å². The van der Waals surface area contributed by atoms with Gasteiger partial charge in [-0.15, -0.1) is 12.4 Å². The van der Waals surface area contributed by atoms with Crippen molar-refractivity contribution in [2.75, 3.05) is 0 Å². The minimum Gasteiger partial charge on any atom is -0.484 e. The van der Waals surface area contributed by atoms with E-state index in [1.807, 2.05) is 18.2 Å². The highest BCUT2D eigenvalue weighted by Gasteiger charge is 2.00.